The van der Waals surface area contributed by atoms with E-state index in [0.29, 0.717) is 13.2 Å². The van der Waals surface area contributed by atoms with Gasteiger partial charge in [0.1, 0.15) is 0 Å². The molecule has 0 saturated carbocycles. The summed E-state index contributed by atoms with van der Waals surface area (Å²) in [6, 6.07) is 11.7. The van der Waals surface area contributed by atoms with Gasteiger partial charge < -0.3 is 33.2 Å². The molecule has 0 N–H and O–H groups in total. The lowest BCUT2D eigenvalue weighted by Gasteiger charge is -2.33. The highest BCUT2D eigenvalue weighted by atomic mass is 16.7. The van der Waals surface area contributed by atoms with E-state index in [2.05, 4.69) is 0 Å². The molecule has 0 unspecified atom stereocenters. The fourth-order valence-corrected chi connectivity index (χ4v) is 4.04. The van der Waals surface area contributed by atoms with Crippen molar-refractivity contribution in [3.63, 3.8) is 0 Å². The average molecular weight is 370 g/mol. The van der Waals surface area contributed by atoms with Crippen molar-refractivity contribution in [2.45, 2.75) is 18.5 Å². The predicted octanol–water partition coefficient (Wildman–Crippen LogP) is 2.95. The molecule has 4 heterocycles. The zero-order chi connectivity index (χ0) is 17.8. The van der Waals surface area contributed by atoms with E-state index in [0.717, 1.165) is 34.1 Å². The minimum atomic E-state index is -0.431. The van der Waals surface area contributed by atoms with Gasteiger partial charge in [0, 0.05) is 11.5 Å². The van der Waals surface area contributed by atoms with Crippen LogP contribution in [0.3, 0.4) is 0 Å². The molecule has 2 fully saturated rings. The molecule has 0 amide bonds. The van der Waals surface area contributed by atoms with Crippen molar-refractivity contribution in [2.75, 3.05) is 26.8 Å². The van der Waals surface area contributed by atoms with Crippen LogP contribution in [-0.2, 0) is 14.2 Å². The van der Waals surface area contributed by atoms with Gasteiger partial charge in [0.15, 0.2) is 29.3 Å². The van der Waals surface area contributed by atoms with Crippen molar-refractivity contribution in [1.82, 2.24) is 0 Å². The van der Waals surface area contributed by atoms with Gasteiger partial charge in [0.25, 0.3) is 0 Å². The highest BCUT2D eigenvalue weighted by molar-refractivity contribution is 5.46. The lowest BCUT2D eigenvalue weighted by Crippen LogP contribution is -2.35. The Kier molecular flexibility index (Phi) is 3.47. The first kappa shape index (κ1) is 15.6. The first-order chi connectivity index (χ1) is 13.3. The van der Waals surface area contributed by atoms with Crippen molar-refractivity contribution < 1.29 is 33.2 Å². The Bertz CT molecular complexity index is 883. The number of rotatable bonds is 2. The summed E-state index contributed by atoms with van der Waals surface area (Å²) in [6.45, 7) is 1.61. The van der Waals surface area contributed by atoms with Crippen LogP contribution in [-0.4, -0.2) is 32.9 Å². The summed E-state index contributed by atoms with van der Waals surface area (Å²) in [4.78, 5) is 0. The van der Waals surface area contributed by atoms with E-state index in [1.165, 1.54) is 0 Å². The average Bonchev–Trinajstić information content (AvgIpc) is 3.44. The smallest absolute Gasteiger partial charge is 0.231 e. The fraction of sp³-hybridized carbons (Fsp3) is 0.400. The van der Waals surface area contributed by atoms with Gasteiger partial charge in [-0.25, -0.2) is 0 Å². The Morgan fingerprint density at radius 2 is 1.33 bits per heavy atom. The molecule has 7 heteroatoms. The zero-order valence-corrected chi connectivity index (χ0v) is 14.5. The second kappa shape index (κ2) is 6.02. The quantitative estimate of drug-likeness (QED) is 0.805. The third-order valence-electron chi connectivity index (χ3n) is 5.44. The van der Waals surface area contributed by atoms with Gasteiger partial charge in [-0.2, -0.15) is 0 Å². The van der Waals surface area contributed by atoms with Crippen LogP contribution < -0.4 is 18.9 Å². The zero-order valence-electron chi connectivity index (χ0n) is 14.5. The summed E-state index contributed by atoms with van der Waals surface area (Å²) in [7, 11) is 0. The summed E-state index contributed by atoms with van der Waals surface area (Å²) in [5, 5.41) is 0. The van der Waals surface area contributed by atoms with E-state index < -0.39 is 6.29 Å². The van der Waals surface area contributed by atoms with Crippen molar-refractivity contribution in [2.24, 2.45) is 5.92 Å². The molecule has 0 aromatic heterocycles. The molecule has 2 saturated heterocycles. The van der Waals surface area contributed by atoms with E-state index >= 15 is 0 Å². The Balaban J connectivity index is 1.20. The summed E-state index contributed by atoms with van der Waals surface area (Å²) in [5.74, 6) is 3.14. The maximum absolute atomic E-state index is 6.20. The molecule has 27 heavy (non-hydrogen) atoms. The molecule has 0 radical (unpaired) electrons. The van der Waals surface area contributed by atoms with Gasteiger partial charge in [0.2, 0.25) is 13.6 Å². The first-order valence-corrected chi connectivity index (χ1v) is 9.03. The fourth-order valence-electron chi connectivity index (χ4n) is 4.04. The topological polar surface area (TPSA) is 64.6 Å². The van der Waals surface area contributed by atoms with Gasteiger partial charge in [0.05, 0.1) is 25.4 Å². The van der Waals surface area contributed by atoms with Crippen LogP contribution in [0.1, 0.15) is 23.5 Å². The molecule has 140 valence electrons. The maximum atomic E-state index is 6.20. The predicted molar refractivity (Wildman–Crippen MR) is 90.9 cm³/mol. The van der Waals surface area contributed by atoms with Crippen LogP contribution in [0.2, 0.25) is 0 Å². The van der Waals surface area contributed by atoms with Crippen LogP contribution in [0.25, 0.3) is 0 Å². The Morgan fingerprint density at radius 1 is 0.667 bits per heavy atom. The SMILES string of the molecule is c1cc2c(cc1[C@H]1OC[C@H]3[C@H](CO[C@@H]3c3ccc4c(c3)OCO4)O1)OCO2. The Morgan fingerprint density at radius 3 is 2.11 bits per heavy atom. The highest BCUT2D eigenvalue weighted by Gasteiger charge is 2.44. The molecular weight excluding hydrogens is 352 g/mol. The normalized spacial score (nSPS) is 30.4. The Hall–Kier alpha value is -2.48. The summed E-state index contributed by atoms with van der Waals surface area (Å²) < 4.78 is 40.0. The van der Waals surface area contributed by atoms with Gasteiger partial charge in [-0.05, 0) is 35.9 Å². The van der Waals surface area contributed by atoms with Crippen molar-refractivity contribution in [1.29, 1.82) is 0 Å². The largest absolute Gasteiger partial charge is 0.454 e. The van der Waals surface area contributed by atoms with Crippen LogP contribution in [0, 0.1) is 5.92 Å². The Labute approximate surface area is 155 Å². The number of fused-ring (bicyclic) bond motifs is 3. The van der Waals surface area contributed by atoms with Gasteiger partial charge >= 0.3 is 0 Å². The van der Waals surface area contributed by atoms with Crippen molar-refractivity contribution in [3.8, 4) is 23.0 Å². The minimum absolute atomic E-state index is 0.0235. The molecule has 6 rings (SSSR count). The first-order valence-electron chi connectivity index (χ1n) is 9.03. The standard InChI is InChI=1S/C20H18O7/c1-3-14-16(25-9-23-14)5-11(1)19-13-7-22-20(27-18(13)8-21-19)12-2-4-15-17(6-12)26-10-24-15/h1-6,13,18-20H,7-10H2/t13-,18-,19+,20-/m0/s1. The third kappa shape index (κ3) is 2.54. The summed E-state index contributed by atoms with van der Waals surface area (Å²) in [5.41, 5.74) is 1.98. The molecule has 7 nitrogen and oxygen atoms in total. The summed E-state index contributed by atoms with van der Waals surface area (Å²) in [6.07, 6.45) is -0.536. The monoisotopic (exact) mass is 370 g/mol. The van der Waals surface area contributed by atoms with Crippen LogP contribution in [0.15, 0.2) is 36.4 Å². The van der Waals surface area contributed by atoms with Gasteiger partial charge in [-0.1, -0.05) is 6.07 Å². The van der Waals surface area contributed by atoms with E-state index in [4.69, 9.17) is 33.2 Å². The second-order valence-corrected chi connectivity index (χ2v) is 6.98. The van der Waals surface area contributed by atoms with Crippen LogP contribution in [0.4, 0.5) is 0 Å². The second-order valence-electron chi connectivity index (χ2n) is 6.98. The minimum Gasteiger partial charge on any atom is -0.454 e. The van der Waals surface area contributed by atoms with E-state index in [1.807, 2.05) is 36.4 Å². The molecule has 0 aliphatic carbocycles. The number of hydrogen-bond donors (Lipinski definition) is 0. The van der Waals surface area contributed by atoms with E-state index in [9.17, 15) is 0 Å². The number of hydrogen-bond acceptors (Lipinski definition) is 7. The highest BCUT2D eigenvalue weighted by Crippen LogP contribution is 2.45. The van der Waals surface area contributed by atoms with Crippen LogP contribution in [0.5, 0.6) is 23.0 Å². The van der Waals surface area contributed by atoms with E-state index in [-0.39, 0.29) is 31.7 Å². The number of benzene rings is 2. The third-order valence-corrected chi connectivity index (χ3v) is 5.44. The number of ether oxygens (including phenoxy) is 7. The van der Waals surface area contributed by atoms with E-state index in [1.54, 1.807) is 0 Å². The molecule has 4 atom stereocenters. The maximum Gasteiger partial charge on any atom is 0.231 e. The summed E-state index contributed by atoms with van der Waals surface area (Å²) >= 11 is 0. The molecule has 4 aliphatic rings. The molecule has 2 aromatic carbocycles. The molecule has 0 spiro atoms. The molecular formula is C20H18O7. The lowest BCUT2D eigenvalue weighted by molar-refractivity contribution is -0.232. The van der Waals surface area contributed by atoms with Gasteiger partial charge in [-0.15, -0.1) is 0 Å². The molecule has 0 bridgehead atoms. The lowest BCUT2D eigenvalue weighted by atomic mass is 9.93. The molecule has 2 aromatic rings. The molecule has 4 aliphatic heterocycles. The van der Waals surface area contributed by atoms with Crippen molar-refractivity contribution in [3.05, 3.63) is 47.5 Å². The van der Waals surface area contributed by atoms with Gasteiger partial charge in [-0.3, -0.25) is 0 Å². The van der Waals surface area contributed by atoms with Crippen LogP contribution >= 0.6 is 0 Å². The van der Waals surface area contributed by atoms with Crippen molar-refractivity contribution >= 4 is 0 Å².